The molecule has 10 rings (SSSR count). The summed E-state index contributed by atoms with van der Waals surface area (Å²) in [6.07, 6.45) is 4.77. The first-order valence-corrected chi connectivity index (χ1v) is 25.6. The number of aryl methyl sites for hydroxylation is 1. The Morgan fingerprint density at radius 2 is 0.938 bits per heavy atom. The van der Waals surface area contributed by atoms with Gasteiger partial charge in [-0.1, -0.05) is 148 Å². The van der Waals surface area contributed by atoms with Crippen LogP contribution in [0, 0.1) is 6.92 Å². The molecule has 0 saturated carbocycles. The molecule has 0 bridgehead atoms. The third kappa shape index (κ3) is 6.83. The quantitative estimate of drug-likeness (QED) is 0.160. The summed E-state index contributed by atoms with van der Waals surface area (Å²) in [6, 6.07) is 32.8. The maximum Gasteiger partial charge on any atom is 0.264 e. The van der Waals surface area contributed by atoms with E-state index in [1.165, 1.54) is 130 Å². The van der Waals surface area contributed by atoms with Gasteiger partial charge in [0, 0.05) is 43.3 Å². The van der Waals surface area contributed by atoms with Gasteiger partial charge in [-0.05, 0) is 174 Å². The number of hydrogen-bond acceptors (Lipinski definition) is 3. The number of rotatable bonds is 2. The molecule has 2 nitrogen and oxygen atoms in total. The summed E-state index contributed by atoms with van der Waals surface area (Å²) in [6.45, 7) is 43.7. The number of benzene rings is 5. The van der Waals surface area contributed by atoms with E-state index in [9.17, 15) is 0 Å². The largest absolute Gasteiger partial charge is 0.311 e. The molecule has 5 aromatic carbocycles. The molecule has 338 valence electrons. The van der Waals surface area contributed by atoms with Gasteiger partial charge in [0.2, 0.25) is 0 Å². The monoisotopic (exact) mass is 879 g/mol. The fraction of sp³-hybridized carbons (Fsp3) is 0.475. The molecule has 1 aromatic heterocycles. The van der Waals surface area contributed by atoms with Gasteiger partial charge in [-0.3, -0.25) is 0 Å². The van der Waals surface area contributed by atoms with Gasteiger partial charge in [0.05, 0.1) is 5.69 Å². The van der Waals surface area contributed by atoms with Crippen LogP contribution in [0.3, 0.4) is 0 Å². The van der Waals surface area contributed by atoms with Gasteiger partial charge in [0.1, 0.15) is 0 Å². The molecule has 3 heterocycles. The van der Waals surface area contributed by atoms with E-state index in [0.717, 1.165) is 0 Å². The molecular weight excluding hydrogens is 804 g/mol. The van der Waals surface area contributed by atoms with Crippen molar-refractivity contribution in [2.45, 2.75) is 188 Å². The highest BCUT2D eigenvalue weighted by molar-refractivity contribution is 7.33. The van der Waals surface area contributed by atoms with Crippen LogP contribution < -0.4 is 25.5 Å². The van der Waals surface area contributed by atoms with E-state index < -0.39 is 0 Å². The number of nitrogens with zero attached hydrogens (tertiary/aromatic N) is 2. The van der Waals surface area contributed by atoms with Crippen LogP contribution in [-0.4, -0.2) is 6.71 Å². The Balaban J connectivity index is 1.38. The zero-order chi connectivity index (χ0) is 46.9. The lowest BCUT2D eigenvalue weighted by atomic mass is 9.35. The minimum atomic E-state index is -0.0933. The predicted octanol–water partition coefficient (Wildman–Crippen LogP) is 15.9. The van der Waals surface area contributed by atoms with E-state index in [1.807, 2.05) is 11.3 Å². The normalized spacial score (nSPS) is 19.1. The summed E-state index contributed by atoms with van der Waals surface area (Å²) >= 11 is 2.03. The molecule has 0 atom stereocenters. The summed E-state index contributed by atoms with van der Waals surface area (Å²) in [5, 5.41) is 1.37. The smallest absolute Gasteiger partial charge is 0.264 e. The maximum absolute atomic E-state index is 2.77. The van der Waals surface area contributed by atoms with Crippen molar-refractivity contribution in [2.24, 2.45) is 0 Å². The third-order valence-corrected chi connectivity index (χ3v) is 18.0. The van der Waals surface area contributed by atoms with Gasteiger partial charge in [0.15, 0.2) is 0 Å². The number of hydrogen-bond donors (Lipinski definition) is 0. The van der Waals surface area contributed by atoms with Gasteiger partial charge < -0.3 is 9.80 Å². The van der Waals surface area contributed by atoms with Crippen LogP contribution >= 0.6 is 11.3 Å². The van der Waals surface area contributed by atoms with Gasteiger partial charge in [0.25, 0.3) is 6.71 Å². The third-order valence-electron chi connectivity index (χ3n) is 16.8. The van der Waals surface area contributed by atoms with Crippen LogP contribution in [0.2, 0.25) is 0 Å². The molecule has 0 N–H and O–H groups in total. The predicted molar refractivity (Wildman–Crippen MR) is 287 cm³/mol. The van der Waals surface area contributed by atoms with E-state index in [1.54, 1.807) is 0 Å². The first kappa shape index (κ1) is 44.6. The van der Waals surface area contributed by atoms with Crippen molar-refractivity contribution in [1.29, 1.82) is 0 Å². The lowest BCUT2D eigenvalue weighted by molar-refractivity contribution is 0.331. The lowest BCUT2D eigenvalue weighted by Crippen LogP contribution is -2.61. The first-order valence-electron chi connectivity index (χ1n) is 24.8. The Morgan fingerprint density at radius 1 is 0.477 bits per heavy atom. The summed E-state index contributed by atoms with van der Waals surface area (Å²) < 4.78 is 2.82. The molecule has 0 spiro atoms. The average Bonchev–Trinajstić information content (AvgIpc) is 3.58. The zero-order valence-electron chi connectivity index (χ0n) is 43.2. The SMILES string of the molecule is Cc1cc2c(cc1N1c3cc4c(cc3B3c5sc6ccc(C(C)(C)C)cc6c5N(c5ccc(C(C)(C)C)cc5)c5cc(C(C)(C)C)cc1c53)C(C)(C)CCC4(C)C)C(C)(C)CCC2(C)C. The van der Waals surface area contributed by atoms with E-state index in [0.29, 0.717) is 0 Å². The van der Waals surface area contributed by atoms with Crippen LogP contribution in [0.4, 0.5) is 34.1 Å². The highest BCUT2D eigenvalue weighted by Crippen LogP contribution is 2.55. The molecule has 0 unspecified atom stereocenters. The molecule has 0 radical (unpaired) electrons. The van der Waals surface area contributed by atoms with Crippen molar-refractivity contribution in [3.05, 3.63) is 123 Å². The van der Waals surface area contributed by atoms with Crippen LogP contribution in [0.15, 0.2) is 78.9 Å². The summed E-state index contributed by atoms with van der Waals surface area (Å²) in [5.41, 5.74) is 22.7. The fourth-order valence-electron chi connectivity index (χ4n) is 12.0. The fourth-order valence-corrected chi connectivity index (χ4v) is 13.3. The van der Waals surface area contributed by atoms with Crippen LogP contribution in [0.25, 0.3) is 10.1 Å². The van der Waals surface area contributed by atoms with Crippen molar-refractivity contribution in [2.75, 3.05) is 9.80 Å². The average molecular weight is 879 g/mol. The lowest BCUT2D eigenvalue weighted by Gasteiger charge is -2.48. The van der Waals surface area contributed by atoms with E-state index >= 15 is 0 Å². The second-order valence-electron chi connectivity index (χ2n) is 26.5. The second kappa shape index (κ2) is 13.9. The first-order chi connectivity index (χ1) is 30.0. The standard InChI is InChI=1S/C61H75BN2S/c1-36-29-42-44(60(15,16)27-25-58(42,11)12)34-47(36)64-48-35-45-43(59(13,14)26-28-61(45,17)18)33-46(48)62-52-49(31-39(32-50(52)64)57(8,9)10)63(40-22-19-37(20-23-40)55(2,3)4)53-41-30-38(56(5,6)7)21-24-51(41)65-54(53)62/h19-24,29-35H,25-28H2,1-18H3. The van der Waals surface area contributed by atoms with E-state index in [2.05, 4.69) is 213 Å². The summed E-state index contributed by atoms with van der Waals surface area (Å²) in [5.74, 6) is 0. The topological polar surface area (TPSA) is 6.48 Å². The van der Waals surface area contributed by atoms with Gasteiger partial charge in [-0.2, -0.15) is 0 Å². The highest BCUT2D eigenvalue weighted by Gasteiger charge is 2.49. The molecular formula is C61H75BN2S. The van der Waals surface area contributed by atoms with E-state index in [4.69, 9.17) is 0 Å². The van der Waals surface area contributed by atoms with Gasteiger partial charge >= 0.3 is 0 Å². The molecule has 6 aromatic rings. The molecule has 4 heteroatoms. The van der Waals surface area contributed by atoms with Crippen molar-refractivity contribution in [3.8, 4) is 0 Å². The van der Waals surface area contributed by atoms with E-state index in [-0.39, 0.29) is 44.6 Å². The van der Waals surface area contributed by atoms with Crippen LogP contribution in [0.5, 0.6) is 0 Å². The number of thiophene rings is 1. The minimum Gasteiger partial charge on any atom is -0.311 e. The Morgan fingerprint density at radius 3 is 1.46 bits per heavy atom. The molecule has 0 saturated heterocycles. The minimum absolute atomic E-state index is 0.0211. The number of fused-ring (bicyclic) bond motifs is 8. The Kier molecular flexibility index (Phi) is 9.53. The maximum atomic E-state index is 2.77. The van der Waals surface area contributed by atoms with Crippen LogP contribution in [-0.2, 0) is 37.9 Å². The molecule has 65 heavy (non-hydrogen) atoms. The van der Waals surface area contributed by atoms with Crippen LogP contribution in [0.1, 0.15) is 188 Å². The zero-order valence-corrected chi connectivity index (χ0v) is 44.0. The summed E-state index contributed by atoms with van der Waals surface area (Å²) in [7, 11) is 0. The van der Waals surface area contributed by atoms with Crippen molar-refractivity contribution in [1.82, 2.24) is 0 Å². The Bertz CT molecular complexity index is 2950. The molecule has 2 aliphatic heterocycles. The second-order valence-corrected chi connectivity index (χ2v) is 27.6. The molecule has 4 aliphatic rings. The van der Waals surface area contributed by atoms with Crippen molar-refractivity contribution >= 4 is 78.0 Å². The molecule has 0 fully saturated rings. The molecule has 2 aliphatic carbocycles. The number of anilines is 6. The summed E-state index contributed by atoms with van der Waals surface area (Å²) in [4.78, 5) is 5.46. The van der Waals surface area contributed by atoms with Gasteiger partial charge in [-0.15, -0.1) is 11.3 Å². The Hall–Kier alpha value is -4.28. The van der Waals surface area contributed by atoms with Crippen molar-refractivity contribution in [3.63, 3.8) is 0 Å². The molecule has 0 amide bonds. The van der Waals surface area contributed by atoms with Crippen molar-refractivity contribution < 1.29 is 0 Å². The Labute approximate surface area is 397 Å². The highest BCUT2D eigenvalue weighted by atomic mass is 32.1. The van der Waals surface area contributed by atoms with Gasteiger partial charge in [-0.25, -0.2) is 0 Å².